The maximum atomic E-state index is 11.5. The highest BCUT2D eigenvalue weighted by Crippen LogP contribution is 2.41. The molecule has 88 valence electrons. The number of fused-ring (bicyclic) bond motifs is 2. The van der Waals surface area contributed by atoms with E-state index in [9.17, 15) is 4.79 Å². The Morgan fingerprint density at radius 1 is 1.44 bits per heavy atom. The van der Waals surface area contributed by atoms with Gasteiger partial charge < -0.3 is 8.38 Å². The van der Waals surface area contributed by atoms with E-state index in [1.807, 2.05) is 0 Å². The minimum atomic E-state index is -0.145. The van der Waals surface area contributed by atoms with E-state index in [0.717, 1.165) is 13.0 Å². The molecule has 0 saturated heterocycles. The summed E-state index contributed by atoms with van der Waals surface area (Å²) in [7, 11) is 0. The van der Waals surface area contributed by atoms with Gasteiger partial charge in [0.05, 0.1) is 0 Å². The van der Waals surface area contributed by atoms with Crippen molar-refractivity contribution in [1.29, 1.82) is 0 Å². The van der Waals surface area contributed by atoms with Crippen molar-refractivity contribution in [3.63, 3.8) is 0 Å². The second-order valence-electron chi connectivity index (χ2n) is 4.83. The van der Waals surface area contributed by atoms with Gasteiger partial charge in [-0.2, -0.15) is 0 Å². The molecular formula is C11H15IN2O2. The molecule has 1 fully saturated rings. The Kier molecular flexibility index (Phi) is 2.83. The Labute approximate surface area is 109 Å². The van der Waals surface area contributed by atoms with Crippen LogP contribution in [0.1, 0.15) is 25.7 Å². The number of hydrogen-bond acceptors (Lipinski definition) is 4. The first kappa shape index (κ1) is 10.8. The first-order valence-electron chi connectivity index (χ1n) is 5.84. The van der Waals surface area contributed by atoms with Crippen LogP contribution in [0.15, 0.2) is 11.3 Å². The van der Waals surface area contributed by atoms with E-state index in [1.165, 1.54) is 30.5 Å². The Bertz CT molecular complexity index is 356. The van der Waals surface area contributed by atoms with Crippen molar-refractivity contribution in [2.75, 3.05) is 6.54 Å². The average Bonchev–Trinajstić information content (AvgIpc) is 2.87. The normalized spacial score (nSPS) is 36.7. The summed E-state index contributed by atoms with van der Waals surface area (Å²) in [6, 6.07) is 0.498. The molecule has 2 N–H and O–H groups in total. The van der Waals surface area contributed by atoms with Gasteiger partial charge in [0.1, 0.15) is 6.04 Å². The van der Waals surface area contributed by atoms with Crippen molar-refractivity contribution in [3.05, 3.63) is 11.3 Å². The molecule has 0 amide bonds. The summed E-state index contributed by atoms with van der Waals surface area (Å²) in [5.74, 6) is 0.537. The standard InChI is InChI=1S/C11H15IN2O2/c12-16-11(15)9-4-7-6-2-1-3-8(6)14-10(7)5-13-9/h6,8-9,13-14H,1-5H2. The number of hydrogen-bond donors (Lipinski definition) is 2. The Morgan fingerprint density at radius 3 is 3.12 bits per heavy atom. The molecule has 5 heteroatoms. The summed E-state index contributed by atoms with van der Waals surface area (Å²) < 4.78 is 4.78. The number of halogens is 1. The van der Waals surface area contributed by atoms with Crippen LogP contribution in [-0.4, -0.2) is 24.6 Å². The second-order valence-corrected chi connectivity index (χ2v) is 5.27. The molecule has 1 saturated carbocycles. The van der Waals surface area contributed by atoms with Crippen LogP contribution in [0, 0.1) is 5.92 Å². The second kappa shape index (κ2) is 4.18. The van der Waals surface area contributed by atoms with E-state index in [0.29, 0.717) is 12.0 Å². The van der Waals surface area contributed by atoms with Crippen LogP contribution in [-0.2, 0) is 7.86 Å². The molecule has 0 aromatic heterocycles. The Hall–Kier alpha value is -0.300. The molecule has 4 nitrogen and oxygen atoms in total. The van der Waals surface area contributed by atoms with Crippen molar-refractivity contribution >= 4 is 29.0 Å². The van der Waals surface area contributed by atoms with E-state index in [1.54, 1.807) is 23.0 Å². The van der Waals surface area contributed by atoms with Gasteiger partial charge in [-0.15, -0.1) is 0 Å². The third-order valence-electron chi connectivity index (χ3n) is 4.02. The molecular weight excluding hydrogens is 319 g/mol. The molecule has 0 bridgehead atoms. The van der Waals surface area contributed by atoms with Crippen LogP contribution < -0.4 is 10.6 Å². The molecule has 0 aromatic rings. The zero-order valence-corrected chi connectivity index (χ0v) is 11.1. The molecule has 2 aliphatic heterocycles. The van der Waals surface area contributed by atoms with Gasteiger partial charge in [0.25, 0.3) is 0 Å². The maximum absolute atomic E-state index is 11.5. The minimum absolute atomic E-state index is 0.142. The van der Waals surface area contributed by atoms with Crippen molar-refractivity contribution in [2.45, 2.75) is 37.8 Å². The highest BCUT2D eigenvalue weighted by Gasteiger charge is 2.41. The summed E-state index contributed by atoms with van der Waals surface area (Å²) in [5.41, 5.74) is 2.82. The Morgan fingerprint density at radius 2 is 2.31 bits per heavy atom. The highest BCUT2D eigenvalue weighted by atomic mass is 127. The first-order valence-corrected chi connectivity index (χ1v) is 6.72. The van der Waals surface area contributed by atoms with Gasteiger partial charge in [-0.3, -0.25) is 5.32 Å². The van der Waals surface area contributed by atoms with Crippen molar-refractivity contribution < 1.29 is 7.86 Å². The molecule has 0 spiro atoms. The molecule has 16 heavy (non-hydrogen) atoms. The zero-order chi connectivity index (χ0) is 11.1. The summed E-state index contributed by atoms with van der Waals surface area (Å²) in [4.78, 5) is 11.5. The van der Waals surface area contributed by atoms with Crippen LogP contribution in [0.4, 0.5) is 0 Å². The van der Waals surface area contributed by atoms with Crippen LogP contribution >= 0.6 is 23.0 Å². The summed E-state index contributed by atoms with van der Waals surface area (Å²) in [6.45, 7) is 0.790. The van der Waals surface area contributed by atoms with Crippen LogP contribution in [0.3, 0.4) is 0 Å². The maximum Gasteiger partial charge on any atom is 0.332 e. The van der Waals surface area contributed by atoms with Gasteiger partial charge in [-0.1, -0.05) is 6.42 Å². The molecule has 2 heterocycles. The lowest BCUT2D eigenvalue weighted by Gasteiger charge is -2.24. The molecule has 0 aromatic carbocycles. The Balaban J connectivity index is 1.77. The molecule has 1 aliphatic carbocycles. The SMILES string of the molecule is O=C(OI)C1CC2=C(CN1)NC1CCCC21. The number of carbonyl (C=O) groups is 1. The lowest BCUT2D eigenvalue weighted by atomic mass is 9.89. The molecule has 3 rings (SSSR count). The molecule has 3 aliphatic rings. The molecule has 3 unspecified atom stereocenters. The number of rotatable bonds is 1. The van der Waals surface area contributed by atoms with Gasteiger partial charge in [0.15, 0.2) is 23.0 Å². The smallest absolute Gasteiger partial charge is 0.332 e. The summed E-state index contributed by atoms with van der Waals surface area (Å²) in [5, 5.41) is 6.83. The topological polar surface area (TPSA) is 50.4 Å². The first-order chi connectivity index (χ1) is 7.79. The van der Waals surface area contributed by atoms with Gasteiger partial charge >= 0.3 is 5.97 Å². The van der Waals surface area contributed by atoms with E-state index >= 15 is 0 Å². The van der Waals surface area contributed by atoms with Gasteiger partial charge in [0, 0.05) is 24.2 Å². The fourth-order valence-electron chi connectivity index (χ4n) is 3.27. The van der Waals surface area contributed by atoms with E-state index in [-0.39, 0.29) is 12.0 Å². The fraction of sp³-hybridized carbons (Fsp3) is 0.727. The third-order valence-corrected chi connectivity index (χ3v) is 4.45. The van der Waals surface area contributed by atoms with Crippen molar-refractivity contribution in [3.8, 4) is 0 Å². The summed E-state index contributed by atoms with van der Waals surface area (Å²) >= 11 is 1.67. The quantitative estimate of drug-likeness (QED) is 0.709. The number of carbonyl (C=O) groups excluding carboxylic acids is 1. The van der Waals surface area contributed by atoms with E-state index in [2.05, 4.69) is 10.6 Å². The molecule has 0 radical (unpaired) electrons. The summed E-state index contributed by atoms with van der Waals surface area (Å²) in [6.07, 6.45) is 4.70. The fourth-order valence-corrected chi connectivity index (χ4v) is 3.57. The van der Waals surface area contributed by atoms with Gasteiger partial charge in [-0.25, -0.2) is 4.79 Å². The lowest BCUT2D eigenvalue weighted by Crippen LogP contribution is -2.42. The van der Waals surface area contributed by atoms with Crippen LogP contribution in [0.5, 0.6) is 0 Å². The van der Waals surface area contributed by atoms with Gasteiger partial charge in [0.2, 0.25) is 0 Å². The largest absolute Gasteiger partial charge is 0.393 e. The molecule has 3 atom stereocenters. The van der Waals surface area contributed by atoms with Crippen LogP contribution in [0.25, 0.3) is 0 Å². The predicted molar refractivity (Wildman–Crippen MR) is 67.8 cm³/mol. The van der Waals surface area contributed by atoms with Crippen molar-refractivity contribution in [1.82, 2.24) is 10.6 Å². The van der Waals surface area contributed by atoms with E-state index < -0.39 is 0 Å². The third kappa shape index (κ3) is 1.64. The van der Waals surface area contributed by atoms with Crippen molar-refractivity contribution in [2.24, 2.45) is 5.92 Å². The van der Waals surface area contributed by atoms with Gasteiger partial charge in [-0.05, 0) is 24.8 Å². The lowest BCUT2D eigenvalue weighted by molar-refractivity contribution is -0.133. The monoisotopic (exact) mass is 334 g/mol. The van der Waals surface area contributed by atoms with E-state index in [4.69, 9.17) is 3.07 Å². The minimum Gasteiger partial charge on any atom is -0.393 e. The average molecular weight is 334 g/mol. The zero-order valence-electron chi connectivity index (χ0n) is 8.96. The number of nitrogens with one attached hydrogen (secondary N) is 2. The van der Waals surface area contributed by atoms with Crippen LogP contribution in [0.2, 0.25) is 0 Å². The predicted octanol–water partition coefficient (Wildman–Crippen LogP) is 1.27. The highest BCUT2D eigenvalue weighted by molar-refractivity contribution is 14.1.